The van der Waals surface area contributed by atoms with Crippen molar-refractivity contribution in [3.05, 3.63) is 74.8 Å². The number of likely N-dealkylation sites (tertiary alicyclic amines) is 1. The van der Waals surface area contributed by atoms with Gasteiger partial charge in [0.25, 0.3) is 5.92 Å². The van der Waals surface area contributed by atoms with Gasteiger partial charge in [0.2, 0.25) is 0 Å². The summed E-state index contributed by atoms with van der Waals surface area (Å²) in [6.07, 6.45) is 4.64. The fraction of sp³-hybridized carbons (Fsp3) is 0.514. The minimum atomic E-state index is -2.59. The van der Waals surface area contributed by atoms with Crippen LogP contribution in [-0.4, -0.2) is 82.7 Å². The lowest BCUT2D eigenvalue weighted by Crippen LogP contribution is -2.52. The third-order valence-electron chi connectivity index (χ3n) is 9.41. The highest BCUT2D eigenvalue weighted by Crippen LogP contribution is 2.43. The monoisotopic (exact) mass is 687 g/mol. The number of aromatic nitrogens is 3. The molecule has 2 unspecified atom stereocenters. The summed E-state index contributed by atoms with van der Waals surface area (Å²) in [5.74, 6) is -0.720. The Morgan fingerprint density at radius 2 is 1.98 bits per heavy atom. The summed E-state index contributed by atoms with van der Waals surface area (Å²) in [6.45, 7) is 9.47. The molecule has 3 aromatic heterocycles. The number of alkyl halides is 2. The number of imidazole rings is 1. The second kappa shape index (κ2) is 15.1. The van der Waals surface area contributed by atoms with E-state index < -0.39 is 5.92 Å². The molecule has 0 amide bonds. The van der Waals surface area contributed by atoms with Crippen LogP contribution in [0.1, 0.15) is 58.1 Å². The maximum absolute atomic E-state index is 14.1. The maximum atomic E-state index is 14.1. The van der Waals surface area contributed by atoms with Gasteiger partial charge in [-0.3, -0.25) is 14.7 Å². The van der Waals surface area contributed by atoms with Crippen LogP contribution in [0.5, 0.6) is 5.75 Å². The molecule has 0 saturated carbocycles. The number of fused-ring (bicyclic) bond motifs is 2. The van der Waals surface area contributed by atoms with Gasteiger partial charge in [0.1, 0.15) is 18.2 Å². The van der Waals surface area contributed by atoms with Crippen LogP contribution < -0.4 is 10.1 Å². The minimum absolute atomic E-state index is 0.0139. The number of thiophene rings is 1. The van der Waals surface area contributed by atoms with Crippen molar-refractivity contribution in [3.8, 4) is 5.75 Å². The van der Waals surface area contributed by atoms with E-state index in [4.69, 9.17) is 26.4 Å². The number of pyridine rings is 1. The Morgan fingerprint density at radius 3 is 2.72 bits per heavy atom. The number of aryl methyl sites for hydroxylation is 4. The van der Waals surface area contributed by atoms with Crippen molar-refractivity contribution in [1.82, 2.24) is 24.8 Å². The Morgan fingerprint density at radius 1 is 1.17 bits per heavy atom. The SMILES string of the molecule is CO.Cc1cc(Cl)ccc1OCCn1c(C)nc2c1CC(N1CCC3(CNCC(F)(F)C3)C1)CC2.Cc1ccc2scc(C=O)c2n1. The number of nitrogens with one attached hydrogen (secondary N) is 1. The Balaban J connectivity index is 0.000000258. The number of benzene rings is 1. The van der Waals surface area contributed by atoms with Crippen molar-refractivity contribution >= 4 is 39.4 Å². The summed E-state index contributed by atoms with van der Waals surface area (Å²) in [6, 6.07) is 10.0. The van der Waals surface area contributed by atoms with Crippen molar-refractivity contribution in [3.63, 3.8) is 0 Å². The molecule has 0 bridgehead atoms. The maximum Gasteiger partial charge on any atom is 0.260 e. The standard InChI is InChI=1S/C25H33ClF2N4O.C9H7NOS.CH4O/c1-17-11-19(26)3-6-23(17)33-10-9-32-18(2)30-21-5-4-20(12-22(21)32)31-8-7-24(16-31)13-25(27,28)15-29-14-24;1-6-2-3-8-9(10-6)7(4-11)5-12-8;1-2/h3,6,11,20,29H,4-5,7-10,12-16H2,1-2H3;2-5H,1H3;2H,1H3. The number of rotatable bonds is 6. The lowest BCUT2D eigenvalue weighted by molar-refractivity contribution is -0.0668. The van der Waals surface area contributed by atoms with E-state index in [-0.39, 0.29) is 18.4 Å². The van der Waals surface area contributed by atoms with Crippen LogP contribution in [0.3, 0.4) is 0 Å². The predicted octanol–water partition coefficient (Wildman–Crippen LogP) is 6.44. The first-order valence-corrected chi connectivity index (χ1v) is 17.3. The molecule has 12 heteroatoms. The number of hydrogen-bond donors (Lipinski definition) is 2. The number of hydrogen-bond acceptors (Lipinski definition) is 8. The molecule has 2 aliphatic heterocycles. The first kappa shape index (κ1) is 35.3. The molecular weight excluding hydrogens is 644 g/mol. The summed E-state index contributed by atoms with van der Waals surface area (Å²) >= 11 is 7.60. The highest BCUT2D eigenvalue weighted by molar-refractivity contribution is 7.17. The van der Waals surface area contributed by atoms with Gasteiger partial charge in [-0.25, -0.2) is 13.8 Å². The van der Waals surface area contributed by atoms with Crippen molar-refractivity contribution in [2.75, 3.05) is 39.9 Å². The van der Waals surface area contributed by atoms with E-state index in [1.165, 1.54) is 11.4 Å². The molecule has 4 aromatic rings. The van der Waals surface area contributed by atoms with Crippen LogP contribution in [-0.2, 0) is 19.4 Å². The van der Waals surface area contributed by atoms with Gasteiger partial charge in [-0.15, -0.1) is 11.3 Å². The van der Waals surface area contributed by atoms with E-state index in [2.05, 4.69) is 26.7 Å². The highest BCUT2D eigenvalue weighted by Gasteiger charge is 2.50. The van der Waals surface area contributed by atoms with Gasteiger partial charge < -0.3 is 19.7 Å². The number of carbonyl (C=O) groups is 1. The number of halogens is 3. The van der Waals surface area contributed by atoms with Crippen LogP contribution >= 0.6 is 22.9 Å². The number of aldehydes is 1. The van der Waals surface area contributed by atoms with Crippen molar-refractivity contribution in [1.29, 1.82) is 0 Å². The first-order chi connectivity index (χ1) is 22.5. The van der Waals surface area contributed by atoms with Crippen LogP contribution in [0.2, 0.25) is 5.02 Å². The van der Waals surface area contributed by atoms with Crippen LogP contribution in [0.25, 0.3) is 10.2 Å². The molecule has 7 rings (SSSR count). The van der Waals surface area contributed by atoms with Crippen LogP contribution in [0.4, 0.5) is 8.78 Å². The number of piperidine rings is 1. The van der Waals surface area contributed by atoms with E-state index in [0.717, 1.165) is 91.8 Å². The zero-order valence-electron chi connectivity index (χ0n) is 27.5. The lowest BCUT2D eigenvalue weighted by Gasteiger charge is -2.39. The van der Waals surface area contributed by atoms with Gasteiger partial charge in [-0.05, 0) is 82.5 Å². The Bertz CT molecular complexity index is 1700. The highest BCUT2D eigenvalue weighted by atomic mass is 35.5. The van der Waals surface area contributed by atoms with E-state index >= 15 is 0 Å². The second-order valence-electron chi connectivity index (χ2n) is 12.8. The van der Waals surface area contributed by atoms with E-state index in [9.17, 15) is 13.6 Å². The molecule has 47 heavy (non-hydrogen) atoms. The van der Waals surface area contributed by atoms with E-state index in [0.29, 0.717) is 29.8 Å². The summed E-state index contributed by atoms with van der Waals surface area (Å²) in [7, 11) is 1.00. The normalized spacial score (nSPS) is 21.8. The Hall–Kier alpha value is -2.96. The first-order valence-electron chi connectivity index (χ1n) is 16.1. The fourth-order valence-electron chi connectivity index (χ4n) is 7.22. The molecule has 1 aromatic carbocycles. The average molecular weight is 688 g/mol. The Labute approximate surface area is 284 Å². The molecule has 1 aliphatic carbocycles. The molecule has 2 fully saturated rings. The largest absolute Gasteiger partial charge is 0.491 e. The molecule has 5 heterocycles. The van der Waals surface area contributed by atoms with Crippen molar-refractivity contribution < 1.29 is 23.4 Å². The molecule has 0 radical (unpaired) electrons. The van der Waals surface area contributed by atoms with Gasteiger partial charge in [0, 0.05) is 66.3 Å². The summed E-state index contributed by atoms with van der Waals surface area (Å²) in [5.41, 5.74) is 5.68. The molecule has 3 aliphatic rings. The third-order valence-corrected chi connectivity index (χ3v) is 10.6. The van der Waals surface area contributed by atoms with Gasteiger partial charge in [0.05, 0.1) is 34.6 Å². The number of aliphatic hydroxyl groups excluding tert-OH is 1. The number of carbonyl (C=O) groups excluding carboxylic acids is 1. The van der Waals surface area contributed by atoms with Crippen molar-refractivity contribution in [2.24, 2.45) is 5.41 Å². The number of aliphatic hydroxyl groups is 1. The Kier molecular flexibility index (Phi) is 11.3. The molecule has 2 saturated heterocycles. The molecule has 2 atom stereocenters. The van der Waals surface area contributed by atoms with Crippen LogP contribution in [0, 0.1) is 26.2 Å². The molecule has 1 spiro atoms. The third kappa shape index (κ3) is 8.20. The van der Waals surface area contributed by atoms with Gasteiger partial charge in [0.15, 0.2) is 6.29 Å². The van der Waals surface area contributed by atoms with Gasteiger partial charge in [-0.1, -0.05) is 11.6 Å². The van der Waals surface area contributed by atoms with Crippen molar-refractivity contribution in [2.45, 2.75) is 71.4 Å². The molecule has 254 valence electrons. The topological polar surface area (TPSA) is 92.5 Å². The zero-order chi connectivity index (χ0) is 33.8. The lowest BCUT2D eigenvalue weighted by atomic mass is 9.78. The zero-order valence-corrected chi connectivity index (χ0v) is 29.1. The number of nitrogens with zero attached hydrogens (tertiary/aromatic N) is 4. The van der Waals surface area contributed by atoms with E-state index in [1.54, 1.807) is 11.3 Å². The molecular formula is C35H44ClF2N5O3S. The fourth-order valence-corrected chi connectivity index (χ4v) is 8.29. The summed E-state index contributed by atoms with van der Waals surface area (Å²) < 4.78 is 37.6. The molecule has 8 nitrogen and oxygen atoms in total. The predicted molar refractivity (Wildman–Crippen MR) is 183 cm³/mol. The number of ether oxygens (including phenoxy) is 1. The minimum Gasteiger partial charge on any atom is -0.491 e. The van der Waals surface area contributed by atoms with Crippen LogP contribution in [0.15, 0.2) is 35.7 Å². The van der Waals surface area contributed by atoms with Gasteiger partial charge >= 0.3 is 0 Å². The second-order valence-corrected chi connectivity index (χ2v) is 14.2. The quantitative estimate of drug-likeness (QED) is 0.226. The molecule has 2 N–H and O–H groups in total. The summed E-state index contributed by atoms with van der Waals surface area (Å²) in [4.78, 5) is 22.1. The van der Waals surface area contributed by atoms with Gasteiger partial charge in [-0.2, -0.15) is 0 Å². The average Bonchev–Trinajstić information content (AvgIpc) is 3.73. The summed E-state index contributed by atoms with van der Waals surface area (Å²) in [5, 5.41) is 12.5. The van der Waals surface area contributed by atoms with E-state index in [1.807, 2.05) is 49.6 Å². The smallest absolute Gasteiger partial charge is 0.260 e.